The van der Waals surface area contributed by atoms with Crippen molar-refractivity contribution in [3.05, 3.63) is 45.6 Å². The molecule has 102 valence electrons. The standard InChI is InChI=1S/2C9H13.Ti/c2*1-6-5-7(2)9(4)8(6)3;/h2*5H,1-4H3;. The SMILES string of the molecule is CC1=C[C](C)([Ti][C]2(C)C=C(C)C(C)=C2C)C(C)=C1C. The van der Waals surface area contributed by atoms with E-state index in [1.807, 2.05) is 0 Å². The van der Waals surface area contributed by atoms with Crippen LogP contribution in [0.25, 0.3) is 0 Å². The summed E-state index contributed by atoms with van der Waals surface area (Å²) >= 11 is -0.169. The number of rotatable bonds is 2. The van der Waals surface area contributed by atoms with Gasteiger partial charge in [-0.3, -0.25) is 0 Å². The second kappa shape index (κ2) is 4.60. The molecule has 0 radical (unpaired) electrons. The van der Waals surface area contributed by atoms with Crippen LogP contribution in [-0.2, 0) is 19.2 Å². The van der Waals surface area contributed by atoms with Crippen molar-refractivity contribution in [1.29, 1.82) is 0 Å². The Kier molecular flexibility index (Phi) is 3.65. The average molecular weight is 290 g/mol. The monoisotopic (exact) mass is 290 g/mol. The molecule has 0 nitrogen and oxygen atoms in total. The molecule has 0 saturated carbocycles. The Labute approximate surface area is 127 Å². The van der Waals surface area contributed by atoms with Crippen LogP contribution in [0.15, 0.2) is 45.6 Å². The fourth-order valence-corrected chi connectivity index (χ4v) is 7.23. The van der Waals surface area contributed by atoms with Crippen molar-refractivity contribution in [2.45, 2.75) is 62.8 Å². The molecule has 0 spiro atoms. The van der Waals surface area contributed by atoms with Crippen molar-refractivity contribution >= 4 is 0 Å². The normalized spacial score (nSPS) is 34.9. The minimum absolute atomic E-state index is 0.169. The quantitative estimate of drug-likeness (QED) is 0.545. The van der Waals surface area contributed by atoms with Gasteiger partial charge in [-0.1, -0.05) is 0 Å². The van der Waals surface area contributed by atoms with E-state index in [4.69, 9.17) is 0 Å². The summed E-state index contributed by atoms with van der Waals surface area (Å²) in [6.45, 7) is 18.7. The fourth-order valence-electron chi connectivity index (χ4n) is 3.47. The summed E-state index contributed by atoms with van der Waals surface area (Å²) in [4.78, 5) is 0. The van der Waals surface area contributed by atoms with Crippen LogP contribution in [0.1, 0.15) is 55.4 Å². The summed E-state index contributed by atoms with van der Waals surface area (Å²) in [5.74, 6) is 0. The zero-order chi connectivity index (χ0) is 14.6. The zero-order valence-corrected chi connectivity index (χ0v) is 15.2. The van der Waals surface area contributed by atoms with Crippen molar-refractivity contribution in [2.75, 3.05) is 0 Å². The van der Waals surface area contributed by atoms with Gasteiger partial charge in [0.1, 0.15) is 0 Å². The summed E-state index contributed by atoms with van der Waals surface area (Å²) in [7, 11) is 0. The van der Waals surface area contributed by atoms with Gasteiger partial charge in [-0.25, -0.2) is 0 Å². The van der Waals surface area contributed by atoms with Gasteiger partial charge in [0.25, 0.3) is 0 Å². The Balaban J connectivity index is 2.40. The molecule has 2 aliphatic carbocycles. The predicted molar refractivity (Wildman–Crippen MR) is 81.0 cm³/mol. The molecule has 0 heterocycles. The Morgan fingerprint density at radius 2 is 1.00 bits per heavy atom. The topological polar surface area (TPSA) is 0 Å². The molecule has 2 aliphatic rings. The van der Waals surface area contributed by atoms with Crippen LogP contribution in [0.2, 0.25) is 7.44 Å². The summed E-state index contributed by atoms with van der Waals surface area (Å²) in [5, 5.41) is 0. The van der Waals surface area contributed by atoms with Crippen molar-refractivity contribution < 1.29 is 19.2 Å². The van der Waals surface area contributed by atoms with Crippen LogP contribution < -0.4 is 0 Å². The van der Waals surface area contributed by atoms with Crippen molar-refractivity contribution in [3.63, 3.8) is 0 Å². The number of hydrogen-bond donors (Lipinski definition) is 0. The first-order chi connectivity index (χ1) is 8.61. The van der Waals surface area contributed by atoms with Crippen LogP contribution in [-0.4, -0.2) is 0 Å². The third-order valence-corrected chi connectivity index (χ3v) is 8.64. The van der Waals surface area contributed by atoms with E-state index in [0.717, 1.165) is 0 Å². The van der Waals surface area contributed by atoms with E-state index in [1.54, 1.807) is 11.1 Å². The van der Waals surface area contributed by atoms with Gasteiger partial charge in [0.15, 0.2) is 0 Å². The first-order valence-corrected chi connectivity index (χ1v) is 8.72. The van der Waals surface area contributed by atoms with Crippen LogP contribution in [0.3, 0.4) is 0 Å². The van der Waals surface area contributed by atoms with Crippen molar-refractivity contribution in [2.24, 2.45) is 0 Å². The molecular formula is C18H26Ti. The Hall–Kier alpha value is -0.326. The molecule has 0 saturated heterocycles. The molecule has 19 heavy (non-hydrogen) atoms. The molecule has 2 unspecified atom stereocenters. The average Bonchev–Trinajstić information content (AvgIpc) is 2.61. The number of hydrogen-bond acceptors (Lipinski definition) is 0. The molecule has 0 aliphatic heterocycles. The summed E-state index contributed by atoms with van der Waals surface area (Å²) < 4.78 is 0.678. The van der Waals surface area contributed by atoms with Crippen molar-refractivity contribution in [3.8, 4) is 0 Å². The molecule has 0 fully saturated rings. The maximum absolute atomic E-state index is 2.53. The third kappa shape index (κ3) is 2.28. The van der Waals surface area contributed by atoms with E-state index in [0.29, 0.717) is 7.44 Å². The molecule has 0 amide bonds. The third-order valence-electron chi connectivity index (χ3n) is 5.40. The fraction of sp³-hybridized carbons (Fsp3) is 0.556. The van der Waals surface area contributed by atoms with E-state index in [-0.39, 0.29) is 19.2 Å². The predicted octanol–water partition coefficient (Wildman–Crippen LogP) is 6.02. The van der Waals surface area contributed by atoms with Crippen LogP contribution in [0.5, 0.6) is 0 Å². The Morgan fingerprint density at radius 1 is 0.684 bits per heavy atom. The molecule has 2 rings (SSSR count). The van der Waals surface area contributed by atoms with Gasteiger partial charge < -0.3 is 0 Å². The van der Waals surface area contributed by atoms with Gasteiger partial charge in [0.2, 0.25) is 0 Å². The zero-order valence-electron chi connectivity index (χ0n) is 13.7. The van der Waals surface area contributed by atoms with Gasteiger partial charge in [-0.15, -0.1) is 0 Å². The molecule has 0 aromatic carbocycles. The molecular weight excluding hydrogens is 264 g/mol. The van der Waals surface area contributed by atoms with E-state index in [9.17, 15) is 0 Å². The van der Waals surface area contributed by atoms with Gasteiger partial charge in [-0.2, -0.15) is 0 Å². The maximum atomic E-state index is 2.53. The summed E-state index contributed by atoms with van der Waals surface area (Å²) in [6, 6.07) is 0. The number of allylic oxidation sites excluding steroid dienone is 8. The second-order valence-corrected chi connectivity index (χ2v) is 10.3. The van der Waals surface area contributed by atoms with Crippen molar-refractivity contribution in [1.82, 2.24) is 0 Å². The van der Waals surface area contributed by atoms with E-state index in [1.165, 1.54) is 22.3 Å². The summed E-state index contributed by atoms with van der Waals surface area (Å²) in [5.41, 5.74) is 9.23. The second-order valence-electron chi connectivity index (χ2n) is 6.68. The van der Waals surface area contributed by atoms with Crippen LogP contribution in [0.4, 0.5) is 0 Å². The van der Waals surface area contributed by atoms with Crippen LogP contribution in [0, 0.1) is 0 Å². The van der Waals surface area contributed by atoms with E-state index >= 15 is 0 Å². The molecule has 0 aromatic rings. The van der Waals surface area contributed by atoms with Gasteiger partial charge in [0, 0.05) is 0 Å². The van der Waals surface area contributed by atoms with E-state index in [2.05, 4.69) is 67.5 Å². The molecule has 0 bridgehead atoms. The van der Waals surface area contributed by atoms with Crippen LogP contribution >= 0.6 is 0 Å². The summed E-state index contributed by atoms with van der Waals surface area (Å²) in [6.07, 6.45) is 5.07. The van der Waals surface area contributed by atoms with Gasteiger partial charge in [0.05, 0.1) is 0 Å². The first-order valence-electron chi connectivity index (χ1n) is 7.15. The first kappa shape index (κ1) is 15.1. The Bertz CT molecular complexity index is 506. The van der Waals surface area contributed by atoms with E-state index < -0.39 is 0 Å². The molecule has 0 aromatic heterocycles. The van der Waals surface area contributed by atoms with Gasteiger partial charge in [-0.05, 0) is 0 Å². The molecule has 0 N–H and O–H groups in total. The minimum atomic E-state index is -0.169. The Morgan fingerprint density at radius 3 is 1.21 bits per heavy atom. The molecule has 2 atom stereocenters. The van der Waals surface area contributed by atoms with Gasteiger partial charge >= 0.3 is 128 Å². The molecule has 1 heteroatoms.